The first-order chi connectivity index (χ1) is 13.6. The van der Waals surface area contributed by atoms with Crippen LogP contribution in [0.15, 0.2) is 36.7 Å². The molecular weight excluding hydrogens is 370 g/mol. The molecule has 2 aliphatic rings. The average molecular weight is 400 g/mol. The Hall–Kier alpha value is -1.81. The molecule has 1 aromatic carbocycles. The van der Waals surface area contributed by atoms with Crippen LogP contribution in [-0.4, -0.2) is 21.5 Å². The van der Waals surface area contributed by atoms with E-state index in [0.717, 1.165) is 30.2 Å². The van der Waals surface area contributed by atoms with Crippen LogP contribution in [0, 0.1) is 0 Å². The van der Waals surface area contributed by atoms with E-state index in [1.165, 1.54) is 50.5 Å². The zero-order valence-corrected chi connectivity index (χ0v) is 17.3. The van der Waals surface area contributed by atoms with Crippen molar-refractivity contribution in [1.82, 2.24) is 14.9 Å². The van der Waals surface area contributed by atoms with Crippen molar-refractivity contribution < 1.29 is 4.79 Å². The Morgan fingerprint density at radius 3 is 2.54 bits per heavy atom. The summed E-state index contributed by atoms with van der Waals surface area (Å²) in [6, 6.07) is 8.71. The Balaban J connectivity index is 1.50. The average Bonchev–Trinajstić information content (AvgIpc) is 3.35. The predicted molar refractivity (Wildman–Crippen MR) is 113 cm³/mol. The van der Waals surface area contributed by atoms with Crippen molar-refractivity contribution in [2.75, 3.05) is 0 Å². The van der Waals surface area contributed by atoms with Crippen molar-refractivity contribution >= 4 is 17.5 Å². The monoisotopic (exact) mass is 399 g/mol. The summed E-state index contributed by atoms with van der Waals surface area (Å²) >= 11 is 6.13. The first kappa shape index (κ1) is 19.5. The van der Waals surface area contributed by atoms with Crippen molar-refractivity contribution in [3.05, 3.63) is 53.1 Å². The summed E-state index contributed by atoms with van der Waals surface area (Å²) in [4.78, 5) is 17.0. The van der Waals surface area contributed by atoms with E-state index in [4.69, 9.17) is 11.6 Å². The molecule has 2 aliphatic carbocycles. The number of benzene rings is 1. The summed E-state index contributed by atoms with van der Waals surface area (Å²) in [6.07, 6.45) is 15.0. The van der Waals surface area contributed by atoms with Crippen LogP contribution in [0.3, 0.4) is 0 Å². The number of hydrogen-bond acceptors (Lipinski definition) is 2. The quantitative estimate of drug-likeness (QED) is 0.739. The van der Waals surface area contributed by atoms with Crippen LogP contribution in [0.5, 0.6) is 0 Å². The third-order valence-electron chi connectivity index (χ3n) is 6.58. The summed E-state index contributed by atoms with van der Waals surface area (Å²) in [6.45, 7) is 0.876. The number of hydrogen-bond donors (Lipinski definition) is 1. The number of carbonyl (C=O) groups excluding carboxylic acids is 1. The van der Waals surface area contributed by atoms with E-state index >= 15 is 0 Å². The number of imidazole rings is 1. The molecular formula is C23H30ClN3O. The van der Waals surface area contributed by atoms with Crippen LogP contribution in [0.4, 0.5) is 0 Å². The minimum atomic E-state index is 0.0974. The molecule has 1 aromatic heterocycles. The first-order valence-electron chi connectivity index (χ1n) is 10.7. The van der Waals surface area contributed by atoms with Gasteiger partial charge in [-0.2, -0.15) is 0 Å². The molecule has 2 saturated carbocycles. The van der Waals surface area contributed by atoms with Gasteiger partial charge < -0.3 is 9.88 Å². The lowest BCUT2D eigenvalue weighted by Crippen LogP contribution is -2.36. The number of carbonyl (C=O) groups is 1. The lowest BCUT2D eigenvalue weighted by molar-refractivity contribution is -0.121. The smallest absolute Gasteiger partial charge is 0.227 e. The van der Waals surface area contributed by atoms with Crippen molar-refractivity contribution in [2.24, 2.45) is 0 Å². The number of rotatable bonds is 6. The first-order valence-corrected chi connectivity index (χ1v) is 11.1. The fourth-order valence-corrected chi connectivity index (χ4v) is 5.17. The molecule has 28 heavy (non-hydrogen) atoms. The van der Waals surface area contributed by atoms with Gasteiger partial charge in [-0.25, -0.2) is 4.98 Å². The normalized spacial score (nSPS) is 19.6. The molecule has 4 nitrogen and oxygen atoms in total. The topological polar surface area (TPSA) is 46.9 Å². The van der Waals surface area contributed by atoms with Crippen LogP contribution in [0.1, 0.15) is 69.2 Å². The van der Waals surface area contributed by atoms with E-state index in [0.29, 0.717) is 12.5 Å². The minimum absolute atomic E-state index is 0.0974. The summed E-state index contributed by atoms with van der Waals surface area (Å²) in [5.74, 6) is 0.970. The van der Waals surface area contributed by atoms with E-state index in [-0.39, 0.29) is 11.3 Å². The van der Waals surface area contributed by atoms with Crippen LogP contribution in [-0.2, 0) is 23.2 Å². The van der Waals surface area contributed by atoms with Gasteiger partial charge >= 0.3 is 0 Å². The molecule has 1 N–H and O–H groups in total. The Bertz CT molecular complexity index is 786. The molecule has 5 heteroatoms. The molecule has 0 aliphatic heterocycles. The molecule has 0 saturated heterocycles. The van der Waals surface area contributed by atoms with Gasteiger partial charge in [-0.05, 0) is 43.4 Å². The van der Waals surface area contributed by atoms with E-state index < -0.39 is 0 Å². The van der Waals surface area contributed by atoms with Gasteiger partial charge in [0.05, 0.1) is 6.42 Å². The Morgan fingerprint density at radius 1 is 1.11 bits per heavy atom. The Kier molecular flexibility index (Phi) is 6.05. The molecule has 0 radical (unpaired) electrons. The summed E-state index contributed by atoms with van der Waals surface area (Å²) in [5.41, 5.74) is 1.45. The van der Waals surface area contributed by atoms with Crippen LogP contribution >= 0.6 is 11.6 Å². The molecule has 150 valence electrons. The molecule has 1 heterocycles. The van der Waals surface area contributed by atoms with Gasteiger partial charge in [0.15, 0.2) is 0 Å². The highest BCUT2D eigenvalue weighted by Crippen LogP contribution is 2.41. The third kappa shape index (κ3) is 4.43. The van der Waals surface area contributed by atoms with Crippen LogP contribution in [0.2, 0.25) is 5.02 Å². The molecule has 0 bridgehead atoms. The maximum atomic E-state index is 12.5. The van der Waals surface area contributed by atoms with Crippen molar-refractivity contribution in [3.8, 4) is 0 Å². The highest BCUT2D eigenvalue weighted by Gasteiger charge is 2.35. The zero-order valence-electron chi connectivity index (χ0n) is 16.5. The third-order valence-corrected chi connectivity index (χ3v) is 6.83. The minimum Gasteiger partial charge on any atom is -0.353 e. The fourth-order valence-electron chi connectivity index (χ4n) is 5.04. The van der Waals surface area contributed by atoms with Gasteiger partial charge in [-0.1, -0.05) is 55.8 Å². The maximum Gasteiger partial charge on any atom is 0.227 e. The number of aromatic nitrogens is 2. The van der Waals surface area contributed by atoms with E-state index in [2.05, 4.69) is 27.0 Å². The molecule has 4 rings (SSSR count). The number of halogens is 1. The fraction of sp³-hybridized carbons (Fsp3) is 0.565. The zero-order chi connectivity index (χ0) is 19.4. The Labute approximate surface area is 172 Å². The van der Waals surface area contributed by atoms with Gasteiger partial charge in [0.25, 0.3) is 0 Å². The largest absolute Gasteiger partial charge is 0.353 e. The van der Waals surface area contributed by atoms with Crippen molar-refractivity contribution in [2.45, 2.75) is 82.2 Å². The highest BCUT2D eigenvalue weighted by molar-refractivity contribution is 6.30. The highest BCUT2D eigenvalue weighted by atomic mass is 35.5. The van der Waals surface area contributed by atoms with E-state index in [9.17, 15) is 4.79 Å². The van der Waals surface area contributed by atoms with Crippen molar-refractivity contribution in [1.29, 1.82) is 0 Å². The van der Waals surface area contributed by atoms with Crippen molar-refractivity contribution in [3.63, 3.8) is 0 Å². The summed E-state index contributed by atoms with van der Waals surface area (Å²) in [7, 11) is 0. The lowest BCUT2D eigenvalue weighted by atomic mass is 9.69. The lowest BCUT2D eigenvalue weighted by Gasteiger charge is -2.38. The standard InChI is InChI=1S/C23H30ClN3O/c24-19-10-8-18(9-11-19)23(12-4-1-5-13-23)17-27-15-14-25-21(27)16-22(28)26-20-6-2-3-7-20/h8-11,14-15,20H,1-7,12-13,16-17H2,(H,26,28). The van der Waals surface area contributed by atoms with Gasteiger partial charge in [0.2, 0.25) is 5.91 Å². The van der Waals surface area contributed by atoms with Crippen LogP contribution in [0.25, 0.3) is 0 Å². The van der Waals surface area contributed by atoms with Crippen LogP contribution < -0.4 is 5.32 Å². The second-order valence-corrected chi connectivity index (χ2v) is 8.98. The molecule has 2 aromatic rings. The number of amides is 1. The van der Waals surface area contributed by atoms with Gasteiger partial charge in [0, 0.05) is 35.4 Å². The molecule has 0 unspecified atom stereocenters. The van der Waals surface area contributed by atoms with E-state index in [1.807, 2.05) is 24.5 Å². The summed E-state index contributed by atoms with van der Waals surface area (Å²) < 4.78 is 2.20. The molecule has 1 amide bonds. The number of nitrogens with one attached hydrogen (secondary N) is 1. The maximum absolute atomic E-state index is 12.5. The molecule has 0 spiro atoms. The second kappa shape index (κ2) is 8.69. The molecule has 0 atom stereocenters. The Morgan fingerprint density at radius 2 is 1.82 bits per heavy atom. The SMILES string of the molecule is O=C(Cc1nccn1CC1(c2ccc(Cl)cc2)CCCCC1)NC1CCCC1. The summed E-state index contributed by atoms with van der Waals surface area (Å²) in [5, 5.41) is 3.97. The predicted octanol–water partition coefficient (Wildman–Crippen LogP) is 5.04. The molecule has 2 fully saturated rings. The van der Waals surface area contributed by atoms with Gasteiger partial charge in [-0.3, -0.25) is 4.79 Å². The van der Waals surface area contributed by atoms with Gasteiger partial charge in [-0.15, -0.1) is 0 Å². The van der Waals surface area contributed by atoms with Gasteiger partial charge in [0.1, 0.15) is 5.82 Å². The van der Waals surface area contributed by atoms with E-state index in [1.54, 1.807) is 0 Å². The number of nitrogens with zero attached hydrogens (tertiary/aromatic N) is 2. The second-order valence-electron chi connectivity index (χ2n) is 8.54.